The minimum Gasteiger partial charge on any atom is -0.480 e. The zero-order chi connectivity index (χ0) is 21.2. The number of carboxylic acids is 1. The largest absolute Gasteiger partial charge is 0.480 e. The van der Waals surface area contributed by atoms with Gasteiger partial charge in [-0.1, -0.05) is 34.9 Å². The van der Waals surface area contributed by atoms with Crippen LogP contribution in [0, 0.1) is 0 Å². The molecule has 1 aromatic carbocycles. The second-order valence-electron chi connectivity index (χ2n) is 5.67. The first-order valence-electron chi connectivity index (χ1n) is 8.34. The molecule has 2 aromatic heterocycles. The monoisotopic (exact) mass is 439 g/mol. The zero-order valence-electron chi connectivity index (χ0n) is 15.4. The number of nitrogens with zero attached hydrogens (tertiary/aromatic N) is 3. The predicted octanol–water partition coefficient (Wildman–Crippen LogP) is 3.16. The van der Waals surface area contributed by atoms with E-state index >= 15 is 0 Å². The number of fused-ring (bicyclic) bond motifs is 1. The summed E-state index contributed by atoms with van der Waals surface area (Å²) in [5, 5.41) is 21.1. The van der Waals surface area contributed by atoms with Crippen LogP contribution in [-0.4, -0.2) is 55.9 Å². The first-order chi connectivity index (χ1) is 13.9. The highest BCUT2D eigenvalue weighted by Gasteiger charge is 2.04. The van der Waals surface area contributed by atoms with Crippen LogP contribution in [0.4, 0.5) is 5.82 Å². The fourth-order valence-electron chi connectivity index (χ4n) is 2.02. The number of aliphatic hydroxyl groups is 1. The normalized spacial score (nSPS) is 11.0. The standard InChI is InChI=1S/C10H13N5O.C8H6Cl2O3/c1-7(4-16)2-3-11-9-8-10(13-5-12-8)15-6-14-9;9-5-1-2-7(6(10)3-5)13-4-8(11)12/h2,5-6,16H,3-4H2,1H3,(H2,11,12,13,14,15);1-3H,4H2,(H,11,12)/b7-2+;. The van der Waals surface area contributed by atoms with E-state index in [0.29, 0.717) is 33.8 Å². The summed E-state index contributed by atoms with van der Waals surface area (Å²) in [4.78, 5) is 25.3. The van der Waals surface area contributed by atoms with Crippen molar-refractivity contribution in [3.63, 3.8) is 0 Å². The molecule has 0 saturated heterocycles. The quantitative estimate of drug-likeness (QED) is 0.412. The molecule has 2 heterocycles. The lowest BCUT2D eigenvalue weighted by Crippen LogP contribution is -2.09. The van der Waals surface area contributed by atoms with Crippen LogP contribution < -0.4 is 10.1 Å². The van der Waals surface area contributed by atoms with Gasteiger partial charge < -0.3 is 25.3 Å². The molecule has 0 atom stereocenters. The average Bonchev–Trinajstić information content (AvgIpc) is 3.17. The molecular formula is C18H19Cl2N5O4. The molecule has 0 fully saturated rings. The topological polar surface area (TPSA) is 133 Å². The number of aromatic nitrogens is 4. The Hall–Kier alpha value is -2.88. The summed E-state index contributed by atoms with van der Waals surface area (Å²) in [6.45, 7) is 2.14. The molecule has 0 aliphatic rings. The van der Waals surface area contributed by atoms with Crippen LogP contribution in [0.2, 0.25) is 10.0 Å². The second kappa shape index (κ2) is 11.2. The highest BCUT2D eigenvalue weighted by Crippen LogP contribution is 2.27. The van der Waals surface area contributed by atoms with E-state index in [0.717, 1.165) is 11.1 Å². The SMILES string of the molecule is C/C(=C\CNc1ncnc2nc[nH]c12)CO.O=C(O)COc1ccc(Cl)cc1Cl. The van der Waals surface area contributed by atoms with Gasteiger partial charge in [0.2, 0.25) is 0 Å². The van der Waals surface area contributed by atoms with Gasteiger partial charge in [-0.25, -0.2) is 19.7 Å². The Bertz CT molecular complexity index is 993. The molecule has 9 nitrogen and oxygen atoms in total. The van der Waals surface area contributed by atoms with Gasteiger partial charge in [0.1, 0.15) is 17.6 Å². The summed E-state index contributed by atoms with van der Waals surface area (Å²) in [5.74, 6) is -0.0241. The number of rotatable bonds is 7. The van der Waals surface area contributed by atoms with Gasteiger partial charge in [0.15, 0.2) is 18.1 Å². The van der Waals surface area contributed by atoms with Crippen LogP contribution in [0.5, 0.6) is 5.75 Å². The van der Waals surface area contributed by atoms with E-state index in [-0.39, 0.29) is 6.61 Å². The molecular weight excluding hydrogens is 421 g/mol. The number of aromatic amines is 1. The highest BCUT2D eigenvalue weighted by molar-refractivity contribution is 6.35. The van der Waals surface area contributed by atoms with Gasteiger partial charge in [-0.05, 0) is 25.1 Å². The van der Waals surface area contributed by atoms with Crippen molar-refractivity contribution in [3.8, 4) is 5.75 Å². The van der Waals surface area contributed by atoms with E-state index in [1.807, 2.05) is 13.0 Å². The summed E-state index contributed by atoms with van der Waals surface area (Å²) in [6, 6.07) is 4.58. The Labute approximate surface area is 176 Å². The first-order valence-corrected chi connectivity index (χ1v) is 9.10. The van der Waals surface area contributed by atoms with Crippen LogP contribution in [-0.2, 0) is 4.79 Å². The Morgan fingerprint density at radius 2 is 2.10 bits per heavy atom. The molecule has 0 aliphatic carbocycles. The number of aliphatic hydroxyl groups excluding tert-OH is 1. The smallest absolute Gasteiger partial charge is 0.341 e. The molecule has 0 unspecified atom stereocenters. The van der Waals surface area contributed by atoms with Crippen molar-refractivity contribution >= 4 is 46.2 Å². The molecule has 0 spiro atoms. The Morgan fingerprint density at radius 1 is 1.31 bits per heavy atom. The molecule has 0 saturated carbocycles. The predicted molar refractivity (Wildman–Crippen MR) is 111 cm³/mol. The Kier molecular flexibility index (Phi) is 8.66. The van der Waals surface area contributed by atoms with Crippen molar-refractivity contribution in [1.82, 2.24) is 19.9 Å². The number of aliphatic carboxylic acids is 1. The number of hydrogen-bond acceptors (Lipinski definition) is 7. The van der Waals surface area contributed by atoms with Gasteiger partial charge in [-0.2, -0.15) is 0 Å². The van der Waals surface area contributed by atoms with Crippen LogP contribution >= 0.6 is 23.2 Å². The van der Waals surface area contributed by atoms with E-state index < -0.39 is 12.6 Å². The van der Waals surface area contributed by atoms with E-state index in [1.54, 1.807) is 12.4 Å². The lowest BCUT2D eigenvalue weighted by molar-refractivity contribution is -0.139. The third kappa shape index (κ3) is 7.22. The molecule has 154 valence electrons. The molecule has 0 aliphatic heterocycles. The molecule has 0 radical (unpaired) electrons. The lowest BCUT2D eigenvalue weighted by Gasteiger charge is -2.04. The minimum atomic E-state index is -1.05. The van der Waals surface area contributed by atoms with E-state index in [4.69, 9.17) is 38.2 Å². The number of carbonyl (C=O) groups is 1. The minimum absolute atomic E-state index is 0.0743. The van der Waals surface area contributed by atoms with Crippen LogP contribution in [0.1, 0.15) is 6.92 Å². The lowest BCUT2D eigenvalue weighted by atomic mass is 10.3. The highest BCUT2D eigenvalue weighted by atomic mass is 35.5. The van der Waals surface area contributed by atoms with Crippen molar-refractivity contribution in [2.75, 3.05) is 25.1 Å². The van der Waals surface area contributed by atoms with Gasteiger partial charge >= 0.3 is 5.97 Å². The first kappa shape index (κ1) is 22.4. The summed E-state index contributed by atoms with van der Waals surface area (Å²) in [7, 11) is 0. The maximum Gasteiger partial charge on any atom is 0.341 e. The van der Waals surface area contributed by atoms with Gasteiger partial charge in [-0.15, -0.1) is 0 Å². The van der Waals surface area contributed by atoms with Crippen LogP contribution in [0.3, 0.4) is 0 Å². The number of imidazole rings is 1. The fourth-order valence-corrected chi connectivity index (χ4v) is 2.48. The number of halogens is 2. The number of anilines is 1. The van der Waals surface area contributed by atoms with Crippen molar-refractivity contribution < 1.29 is 19.7 Å². The number of nitrogens with one attached hydrogen (secondary N) is 2. The summed E-state index contributed by atoms with van der Waals surface area (Å²) < 4.78 is 4.86. The number of ether oxygens (including phenoxy) is 1. The van der Waals surface area contributed by atoms with Crippen molar-refractivity contribution in [2.45, 2.75) is 6.92 Å². The fraction of sp³-hybridized carbons (Fsp3) is 0.222. The molecule has 11 heteroatoms. The summed E-state index contributed by atoms with van der Waals surface area (Å²) in [5.41, 5.74) is 2.35. The Balaban J connectivity index is 0.000000212. The number of carboxylic acid groups (broad SMARTS) is 1. The van der Waals surface area contributed by atoms with Gasteiger partial charge in [0, 0.05) is 11.6 Å². The molecule has 4 N–H and O–H groups in total. The molecule has 3 aromatic rings. The van der Waals surface area contributed by atoms with E-state index in [9.17, 15) is 4.79 Å². The van der Waals surface area contributed by atoms with Crippen molar-refractivity contribution in [1.29, 1.82) is 0 Å². The van der Waals surface area contributed by atoms with E-state index in [2.05, 4.69) is 25.3 Å². The maximum absolute atomic E-state index is 10.2. The van der Waals surface area contributed by atoms with E-state index in [1.165, 1.54) is 18.5 Å². The molecule has 3 rings (SSSR count). The Morgan fingerprint density at radius 3 is 2.79 bits per heavy atom. The third-order valence-corrected chi connectivity index (χ3v) is 3.97. The molecule has 29 heavy (non-hydrogen) atoms. The van der Waals surface area contributed by atoms with Gasteiger partial charge in [-0.3, -0.25) is 0 Å². The van der Waals surface area contributed by atoms with Crippen LogP contribution in [0.25, 0.3) is 11.2 Å². The van der Waals surface area contributed by atoms with Crippen LogP contribution in [0.15, 0.2) is 42.5 Å². The zero-order valence-corrected chi connectivity index (χ0v) is 16.9. The van der Waals surface area contributed by atoms with Gasteiger partial charge in [0.05, 0.1) is 18.0 Å². The van der Waals surface area contributed by atoms with Crippen molar-refractivity contribution in [3.05, 3.63) is 52.5 Å². The number of hydrogen-bond donors (Lipinski definition) is 4. The molecule has 0 bridgehead atoms. The maximum atomic E-state index is 10.2. The second-order valence-corrected chi connectivity index (χ2v) is 6.51. The molecule has 0 amide bonds. The van der Waals surface area contributed by atoms with Gasteiger partial charge in [0.25, 0.3) is 0 Å². The summed E-state index contributed by atoms with van der Waals surface area (Å²) in [6.07, 6.45) is 4.96. The third-order valence-electron chi connectivity index (χ3n) is 3.44. The number of H-pyrrole nitrogens is 1. The number of benzene rings is 1. The summed E-state index contributed by atoms with van der Waals surface area (Å²) >= 11 is 11.3. The van der Waals surface area contributed by atoms with Crippen molar-refractivity contribution in [2.24, 2.45) is 0 Å². The average molecular weight is 440 g/mol.